The monoisotopic (exact) mass is 1130 g/mol. The molecule has 0 radical (unpaired) electrons. The number of carbonyl (C=O) groups is 8. The molecule has 0 bridgehead atoms. The number of nitrogens with zero attached hydrogens (tertiary/aromatic N) is 2. The van der Waals surface area contributed by atoms with Gasteiger partial charge < -0.3 is 51.2 Å². The molecule has 6 N–H and O–H groups in total. The summed E-state index contributed by atoms with van der Waals surface area (Å²) in [5.41, 5.74) is 2.20. The first-order valence-corrected chi connectivity index (χ1v) is 31.0. The Hall–Kier alpha value is -6.12. The molecule has 430 valence electrons. The van der Waals surface area contributed by atoms with Crippen LogP contribution in [0.25, 0.3) is 0 Å². The summed E-state index contributed by atoms with van der Waals surface area (Å²) in [6.07, 6.45) is 5.05. The molecule has 4 fully saturated rings. The number of ketones is 1. The van der Waals surface area contributed by atoms with E-state index in [9.17, 15) is 38.4 Å². The van der Waals surface area contributed by atoms with Crippen molar-refractivity contribution < 1.29 is 47.8 Å². The Kier molecular flexibility index (Phi) is 19.8. The summed E-state index contributed by atoms with van der Waals surface area (Å²) in [6, 6.07) is 16.2. The largest absolute Gasteiger partial charge is 0.493 e. The second-order valence-corrected chi connectivity index (χ2v) is 24.8. The molecule has 4 saturated heterocycles. The van der Waals surface area contributed by atoms with Gasteiger partial charge in [-0.3, -0.25) is 38.4 Å². The normalized spacial score (nSPS) is 24.5. The van der Waals surface area contributed by atoms with Gasteiger partial charge in [0.05, 0.1) is 31.3 Å². The van der Waals surface area contributed by atoms with Crippen LogP contribution in [0.4, 0.5) is 0 Å². The smallest absolute Gasteiger partial charge is 0.251 e. The molecule has 18 nitrogen and oxygen atoms in total. The van der Waals surface area contributed by atoms with Crippen LogP contribution in [0.2, 0.25) is 0 Å². The Morgan fingerprint density at radius 1 is 0.600 bits per heavy atom. The maximum atomic E-state index is 15.0. The lowest BCUT2D eigenvalue weighted by atomic mass is 9.82. The van der Waals surface area contributed by atoms with Crippen molar-refractivity contribution in [1.29, 1.82) is 0 Å². The third kappa shape index (κ3) is 13.8. The van der Waals surface area contributed by atoms with E-state index in [4.69, 9.17) is 9.47 Å². The number of hydrogen-bond acceptors (Lipinski definition) is 13. The van der Waals surface area contributed by atoms with Crippen LogP contribution in [-0.2, 0) is 28.8 Å². The zero-order valence-electron chi connectivity index (χ0n) is 46.4. The molecule has 0 spiro atoms. The summed E-state index contributed by atoms with van der Waals surface area (Å²) in [6.45, 7) is 6.47. The number of benzene rings is 3. The second kappa shape index (κ2) is 27.1. The molecule has 80 heavy (non-hydrogen) atoms. The summed E-state index contributed by atoms with van der Waals surface area (Å²) in [5.74, 6) is 1.25. The van der Waals surface area contributed by atoms with E-state index in [1.165, 1.54) is 4.90 Å². The molecule has 0 aromatic heterocycles. The number of amides is 7. The van der Waals surface area contributed by atoms with Crippen molar-refractivity contribution in [2.45, 2.75) is 133 Å². The van der Waals surface area contributed by atoms with Crippen molar-refractivity contribution in [2.24, 2.45) is 23.7 Å². The van der Waals surface area contributed by atoms with Crippen LogP contribution in [0.3, 0.4) is 0 Å². The van der Waals surface area contributed by atoms with E-state index in [2.05, 4.69) is 31.9 Å². The van der Waals surface area contributed by atoms with Gasteiger partial charge in [-0.25, -0.2) is 0 Å². The number of carbonyl (C=O) groups excluding carboxylic acids is 8. The van der Waals surface area contributed by atoms with Gasteiger partial charge in [0.15, 0.2) is 0 Å². The second-order valence-electron chi connectivity index (χ2n) is 22.4. The number of ether oxygens (including phenoxy) is 2. The van der Waals surface area contributed by atoms with E-state index >= 15 is 0 Å². The van der Waals surface area contributed by atoms with Crippen LogP contribution in [-0.4, -0.2) is 150 Å². The van der Waals surface area contributed by atoms with E-state index in [-0.39, 0.29) is 109 Å². The van der Waals surface area contributed by atoms with Crippen LogP contribution in [0, 0.1) is 23.7 Å². The quantitative estimate of drug-likeness (QED) is 0.0888. The maximum Gasteiger partial charge on any atom is 0.251 e. The minimum Gasteiger partial charge on any atom is -0.493 e. The minimum atomic E-state index is -0.942. The first kappa shape index (κ1) is 58.5. The number of Topliss-reactive ketones (excluding diaryl/α,β-unsaturated/α-hetero) is 1. The van der Waals surface area contributed by atoms with Crippen LogP contribution in [0.15, 0.2) is 72.8 Å². The fourth-order valence-electron chi connectivity index (χ4n) is 12.1. The number of hydrogen-bond donors (Lipinski definition) is 6. The van der Waals surface area contributed by atoms with Crippen LogP contribution in [0.5, 0.6) is 11.5 Å². The SMILES string of the molecule is CC[C@@H](C)C(=O)N[C@H](C(=O)N1C[C@@H](NC(=O)c2ccc(C(=O)N[C@H]3C[C@@H](C(=O)N[C@@H]4CCOc5ccccc54)N(C(=O)[C@@H](CC(=O)[C@H](C)NC)C4CCSCC4)C3)cc2)C[C@H]1C(=O)N[C@@H]1CCOc2ccccc21)C1CCSCC1. The van der Waals surface area contributed by atoms with Crippen molar-refractivity contribution in [2.75, 3.05) is 56.4 Å². The average Bonchev–Trinajstić information content (AvgIpc) is 4.12. The molecular weight excluding hydrogens is 1060 g/mol. The third-order valence-electron chi connectivity index (χ3n) is 17.3. The molecule has 10 atom stereocenters. The number of fused-ring (bicyclic) bond motifs is 2. The van der Waals surface area contributed by atoms with Gasteiger partial charge in [-0.1, -0.05) is 50.2 Å². The molecule has 20 heteroatoms. The number of nitrogens with one attached hydrogen (secondary N) is 6. The van der Waals surface area contributed by atoms with Crippen molar-refractivity contribution in [1.82, 2.24) is 41.7 Å². The molecule has 9 rings (SSSR count). The van der Waals surface area contributed by atoms with Gasteiger partial charge in [0.2, 0.25) is 29.5 Å². The van der Waals surface area contributed by atoms with Crippen molar-refractivity contribution >= 4 is 70.7 Å². The Morgan fingerprint density at radius 2 is 1.06 bits per heavy atom. The van der Waals surface area contributed by atoms with Gasteiger partial charge in [-0.15, -0.1) is 0 Å². The Balaban J connectivity index is 0.896. The first-order chi connectivity index (χ1) is 38.7. The fourth-order valence-corrected chi connectivity index (χ4v) is 14.4. The van der Waals surface area contributed by atoms with Crippen molar-refractivity contribution in [3.8, 4) is 11.5 Å². The van der Waals surface area contributed by atoms with E-state index < -0.39 is 54.0 Å². The highest BCUT2D eigenvalue weighted by molar-refractivity contribution is 7.99. The number of likely N-dealkylation sites (N-methyl/N-ethyl adjacent to an activating group) is 1. The molecule has 0 saturated carbocycles. The first-order valence-electron chi connectivity index (χ1n) is 28.7. The summed E-state index contributed by atoms with van der Waals surface area (Å²) >= 11 is 3.64. The molecule has 6 aliphatic heterocycles. The van der Waals surface area contributed by atoms with Gasteiger partial charge in [-0.05, 0) is 130 Å². The molecule has 3 aromatic rings. The van der Waals surface area contributed by atoms with Gasteiger partial charge >= 0.3 is 0 Å². The molecule has 7 amide bonds. The predicted octanol–water partition coefficient (Wildman–Crippen LogP) is 5.37. The summed E-state index contributed by atoms with van der Waals surface area (Å²) in [5, 5.41) is 18.6. The summed E-state index contributed by atoms with van der Waals surface area (Å²) in [4.78, 5) is 117. The van der Waals surface area contributed by atoms with E-state index in [0.29, 0.717) is 44.0 Å². The predicted molar refractivity (Wildman–Crippen MR) is 307 cm³/mol. The molecule has 6 heterocycles. The van der Waals surface area contributed by atoms with E-state index in [0.717, 1.165) is 59.8 Å². The molecule has 3 aromatic carbocycles. The zero-order valence-corrected chi connectivity index (χ0v) is 48.0. The van der Waals surface area contributed by atoms with Gasteiger partial charge in [-0.2, -0.15) is 23.5 Å². The lowest BCUT2D eigenvalue weighted by Gasteiger charge is -2.35. The van der Waals surface area contributed by atoms with Gasteiger partial charge in [0, 0.05) is 78.5 Å². The van der Waals surface area contributed by atoms with Crippen molar-refractivity contribution in [3.63, 3.8) is 0 Å². The van der Waals surface area contributed by atoms with Crippen LogP contribution < -0.4 is 41.4 Å². The topological polar surface area (TPSA) is 234 Å². The number of thioether (sulfide) groups is 2. The van der Waals surface area contributed by atoms with Gasteiger partial charge in [0.1, 0.15) is 35.4 Å². The molecular formula is C60H78N8O10S2. The molecule has 0 aliphatic carbocycles. The number of rotatable bonds is 19. The van der Waals surface area contributed by atoms with Crippen molar-refractivity contribution in [3.05, 3.63) is 95.1 Å². The average molecular weight is 1140 g/mol. The number of likely N-dealkylation sites (tertiary alicyclic amines) is 2. The maximum absolute atomic E-state index is 15.0. The van der Waals surface area contributed by atoms with Crippen LogP contribution in [0.1, 0.15) is 129 Å². The Labute approximate surface area is 477 Å². The summed E-state index contributed by atoms with van der Waals surface area (Å²) in [7, 11) is 1.72. The highest BCUT2D eigenvalue weighted by atomic mass is 32.2. The highest BCUT2D eigenvalue weighted by Gasteiger charge is 2.47. The Morgan fingerprint density at radius 3 is 1.54 bits per heavy atom. The Bertz CT molecular complexity index is 2560. The fraction of sp³-hybridized carbons (Fsp3) is 0.567. The summed E-state index contributed by atoms with van der Waals surface area (Å²) < 4.78 is 11.7. The standard InChI is InChI=1S/C60H78N8O10S2/c1-5-35(2)54(70)66-53(38-22-28-80-29-23-38)60(76)68-34-42(31-49(68)58(74)65-47-19-25-78-52-13-9-7-11-44(47)52)63-56(72)40-16-14-39(15-17-40)55(71)62-41-30-48(57(73)64-46-18-24-77-51-12-8-6-10-43(46)51)67(33-41)59(75)45(32-50(69)36(3)61-4)37-20-26-79-27-21-37/h6-17,35-38,41-42,45-49,53,61H,5,18-34H2,1-4H3,(H,62,71)(H,63,72)(H,64,73)(H,65,74)(H,66,70)/t35-,36+,41+,42+,45+,46-,47-,48+,49+,53+/m1/s1. The lowest BCUT2D eigenvalue weighted by molar-refractivity contribution is -0.145. The van der Waals surface area contributed by atoms with Crippen LogP contribution >= 0.6 is 23.5 Å². The van der Waals surface area contributed by atoms with E-state index in [1.807, 2.05) is 85.9 Å². The lowest BCUT2D eigenvalue weighted by Crippen LogP contribution is -2.57. The number of para-hydroxylation sites is 2. The van der Waals surface area contributed by atoms with Gasteiger partial charge in [0.25, 0.3) is 11.8 Å². The molecule has 6 aliphatic rings. The molecule has 0 unspecified atom stereocenters. The van der Waals surface area contributed by atoms with E-state index in [1.54, 1.807) is 43.1 Å². The minimum absolute atomic E-state index is 0.0318. The zero-order chi connectivity index (χ0) is 56.5. The third-order valence-corrected chi connectivity index (χ3v) is 19.4. The highest BCUT2D eigenvalue weighted by Crippen LogP contribution is 2.37.